The number of hydrogen-bond acceptors (Lipinski definition) is 3. The zero-order valence-electron chi connectivity index (χ0n) is 15.3. The highest BCUT2D eigenvalue weighted by atomic mass is 32.2. The first-order valence-electron chi connectivity index (χ1n) is 8.81. The van der Waals surface area contributed by atoms with E-state index in [1.54, 1.807) is 36.1 Å². The second-order valence-electron chi connectivity index (χ2n) is 6.68. The fraction of sp³-hybridized carbons (Fsp3) is 0.350. The summed E-state index contributed by atoms with van der Waals surface area (Å²) in [6.07, 6.45) is -0.281. The minimum atomic E-state index is -3.72. The number of rotatable bonds is 4. The Morgan fingerprint density at radius 2 is 1.69 bits per heavy atom. The van der Waals surface area contributed by atoms with Crippen LogP contribution < -0.4 is 0 Å². The second-order valence-corrected chi connectivity index (χ2v) is 8.57. The van der Waals surface area contributed by atoms with Gasteiger partial charge in [0, 0.05) is 19.0 Å². The van der Waals surface area contributed by atoms with Crippen LogP contribution in [0.4, 0.5) is 0 Å². The van der Waals surface area contributed by atoms with Gasteiger partial charge >= 0.3 is 0 Å². The standard InChI is InChI=1S/C20H24N2O3S/c1-4-19(23)22-16(3)14-21(20(22)17-8-6-5-7-9-17)26(24,25)18-12-10-15(2)11-13-18/h5-13,16,20H,4,14H2,1-3H3/t16-,20-/m1/s1. The van der Waals surface area contributed by atoms with Crippen LogP contribution in [0.1, 0.15) is 37.6 Å². The first-order chi connectivity index (χ1) is 12.4. The maximum Gasteiger partial charge on any atom is 0.245 e. The number of sulfonamides is 1. The van der Waals surface area contributed by atoms with Gasteiger partial charge in [0.05, 0.1) is 4.90 Å². The molecule has 1 amide bonds. The Kier molecular flexibility index (Phi) is 5.16. The van der Waals surface area contributed by atoms with Gasteiger partial charge in [-0.2, -0.15) is 4.31 Å². The Morgan fingerprint density at radius 3 is 2.27 bits per heavy atom. The van der Waals surface area contributed by atoms with Gasteiger partial charge in [-0.1, -0.05) is 55.0 Å². The first-order valence-corrected chi connectivity index (χ1v) is 10.2. The molecule has 0 aromatic heterocycles. The topological polar surface area (TPSA) is 57.7 Å². The van der Waals surface area contributed by atoms with E-state index in [-0.39, 0.29) is 23.4 Å². The van der Waals surface area contributed by atoms with Crippen LogP contribution >= 0.6 is 0 Å². The normalized spacial score (nSPS) is 21.1. The van der Waals surface area contributed by atoms with Gasteiger partial charge in [0.1, 0.15) is 6.17 Å². The van der Waals surface area contributed by atoms with Gasteiger partial charge in [0.25, 0.3) is 0 Å². The summed E-state index contributed by atoms with van der Waals surface area (Å²) in [5.41, 5.74) is 1.80. The third-order valence-electron chi connectivity index (χ3n) is 4.77. The Hall–Kier alpha value is -2.18. The molecule has 2 aromatic rings. The van der Waals surface area contributed by atoms with Crippen molar-refractivity contribution >= 4 is 15.9 Å². The van der Waals surface area contributed by atoms with Crippen molar-refractivity contribution in [2.75, 3.05) is 6.54 Å². The number of aryl methyl sites for hydroxylation is 1. The monoisotopic (exact) mass is 372 g/mol. The molecule has 0 bridgehead atoms. The second kappa shape index (κ2) is 7.21. The third kappa shape index (κ3) is 3.27. The van der Waals surface area contributed by atoms with E-state index < -0.39 is 16.2 Å². The van der Waals surface area contributed by atoms with E-state index >= 15 is 0 Å². The Balaban J connectivity index is 2.09. The van der Waals surface area contributed by atoms with Gasteiger partial charge in [-0.05, 0) is 31.5 Å². The minimum absolute atomic E-state index is 0.0482. The summed E-state index contributed by atoms with van der Waals surface area (Å²) in [5, 5.41) is 0. The van der Waals surface area contributed by atoms with E-state index in [0.29, 0.717) is 6.42 Å². The molecule has 2 aromatic carbocycles. The highest BCUT2D eigenvalue weighted by Gasteiger charge is 2.46. The van der Waals surface area contributed by atoms with E-state index in [1.807, 2.05) is 44.2 Å². The number of hydrogen-bond donors (Lipinski definition) is 0. The van der Waals surface area contributed by atoms with Gasteiger partial charge in [-0.3, -0.25) is 4.79 Å². The van der Waals surface area contributed by atoms with Crippen molar-refractivity contribution in [2.45, 2.75) is 44.3 Å². The van der Waals surface area contributed by atoms with Gasteiger partial charge in [-0.25, -0.2) is 8.42 Å². The highest BCUT2D eigenvalue weighted by Crippen LogP contribution is 2.38. The number of carbonyl (C=O) groups is 1. The molecule has 6 heteroatoms. The lowest BCUT2D eigenvalue weighted by atomic mass is 10.1. The van der Waals surface area contributed by atoms with Crippen LogP contribution in [0.3, 0.4) is 0 Å². The van der Waals surface area contributed by atoms with Gasteiger partial charge in [0.15, 0.2) is 0 Å². The molecule has 1 aliphatic rings. The van der Waals surface area contributed by atoms with Crippen LogP contribution in [-0.2, 0) is 14.8 Å². The van der Waals surface area contributed by atoms with E-state index in [1.165, 1.54) is 4.31 Å². The molecule has 1 heterocycles. The molecule has 1 fully saturated rings. The Morgan fingerprint density at radius 1 is 1.08 bits per heavy atom. The predicted octanol–water partition coefficient (Wildman–Crippen LogP) is 3.33. The lowest BCUT2D eigenvalue weighted by molar-refractivity contribution is -0.134. The van der Waals surface area contributed by atoms with Crippen molar-refractivity contribution in [3.63, 3.8) is 0 Å². The average Bonchev–Trinajstić information content (AvgIpc) is 3.00. The highest BCUT2D eigenvalue weighted by molar-refractivity contribution is 7.89. The molecule has 5 nitrogen and oxygen atoms in total. The smallest absolute Gasteiger partial charge is 0.245 e. The summed E-state index contributed by atoms with van der Waals surface area (Å²) < 4.78 is 28.1. The van der Waals surface area contributed by atoms with Gasteiger partial charge < -0.3 is 4.90 Å². The molecule has 0 unspecified atom stereocenters. The van der Waals surface area contributed by atoms with Crippen LogP contribution in [0.25, 0.3) is 0 Å². The number of nitrogens with zero attached hydrogens (tertiary/aromatic N) is 2. The molecule has 138 valence electrons. The molecule has 2 atom stereocenters. The predicted molar refractivity (Wildman–Crippen MR) is 101 cm³/mol. The van der Waals surface area contributed by atoms with E-state index in [0.717, 1.165) is 11.1 Å². The maximum atomic E-state index is 13.3. The van der Waals surface area contributed by atoms with Crippen molar-refractivity contribution in [1.82, 2.24) is 9.21 Å². The van der Waals surface area contributed by atoms with Gasteiger partial charge in [-0.15, -0.1) is 0 Å². The van der Waals surface area contributed by atoms with Crippen LogP contribution in [0.15, 0.2) is 59.5 Å². The summed E-state index contributed by atoms with van der Waals surface area (Å²) in [6, 6.07) is 16.0. The van der Waals surface area contributed by atoms with Crippen LogP contribution in [0, 0.1) is 6.92 Å². The van der Waals surface area contributed by atoms with Crippen molar-refractivity contribution in [3.05, 3.63) is 65.7 Å². The minimum Gasteiger partial charge on any atom is -0.318 e. The summed E-state index contributed by atoms with van der Waals surface area (Å²) in [4.78, 5) is 14.5. The zero-order valence-corrected chi connectivity index (χ0v) is 16.1. The summed E-state index contributed by atoms with van der Waals surface area (Å²) in [6.45, 7) is 5.90. The molecule has 0 saturated carbocycles. The number of amides is 1. The van der Waals surface area contributed by atoms with Gasteiger partial charge in [0.2, 0.25) is 15.9 Å². The molecule has 3 rings (SSSR count). The van der Waals surface area contributed by atoms with Crippen LogP contribution in [0.5, 0.6) is 0 Å². The fourth-order valence-electron chi connectivity index (χ4n) is 3.42. The molecule has 26 heavy (non-hydrogen) atoms. The first kappa shape index (κ1) is 18.6. The average molecular weight is 372 g/mol. The molecule has 1 aliphatic heterocycles. The van der Waals surface area contributed by atoms with E-state index in [9.17, 15) is 13.2 Å². The largest absolute Gasteiger partial charge is 0.318 e. The van der Waals surface area contributed by atoms with Crippen molar-refractivity contribution < 1.29 is 13.2 Å². The SMILES string of the molecule is CCC(=O)N1[C@H](C)CN(S(=O)(=O)c2ccc(C)cc2)[C@H]1c1ccccc1. The lowest BCUT2D eigenvalue weighted by Crippen LogP contribution is -2.39. The lowest BCUT2D eigenvalue weighted by Gasteiger charge is -2.31. The molecule has 0 radical (unpaired) electrons. The third-order valence-corrected chi connectivity index (χ3v) is 6.61. The molecular formula is C20H24N2O3S. The summed E-state index contributed by atoms with van der Waals surface area (Å²) in [5.74, 6) is -0.0482. The summed E-state index contributed by atoms with van der Waals surface area (Å²) in [7, 11) is -3.72. The van der Waals surface area contributed by atoms with Crippen molar-refractivity contribution in [1.29, 1.82) is 0 Å². The maximum absolute atomic E-state index is 13.3. The van der Waals surface area contributed by atoms with E-state index in [2.05, 4.69) is 0 Å². The molecule has 0 aliphatic carbocycles. The van der Waals surface area contributed by atoms with Crippen LogP contribution in [0.2, 0.25) is 0 Å². The molecular weight excluding hydrogens is 348 g/mol. The number of benzene rings is 2. The summed E-state index contributed by atoms with van der Waals surface area (Å²) >= 11 is 0. The van der Waals surface area contributed by atoms with Crippen LogP contribution in [-0.4, -0.2) is 36.1 Å². The number of carbonyl (C=O) groups excluding carboxylic acids is 1. The quantitative estimate of drug-likeness (QED) is 0.827. The molecule has 0 spiro atoms. The van der Waals surface area contributed by atoms with Crippen molar-refractivity contribution in [2.24, 2.45) is 0 Å². The Labute approximate surface area is 155 Å². The molecule has 0 N–H and O–H groups in total. The zero-order chi connectivity index (χ0) is 18.9. The fourth-order valence-corrected chi connectivity index (χ4v) is 5.07. The van der Waals surface area contributed by atoms with E-state index in [4.69, 9.17) is 0 Å². The van der Waals surface area contributed by atoms with Crippen molar-refractivity contribution in [3.8, 4) is 0 Å². The Bertz CT molecular complexity index is 879. The molecule has 1 saturated heterocycles.